The molecule has 0 aliphatic heterocycles. The van der Waals surface area contributed by atoms with Crippen LogP contribution >= 0.6 is 0 Å². The Bertz CT molecular complexity index is 357. The summed E-state index contributed by atoms with van der Waals surface area (Å²) in [6, 6.07) is 3.81. The highest BCUT2D eigenvalue weighted by molar-refractivity contribution is 5.48. The molecule has 3 nitrogen and oxygen atoms in total. The average molecular weight is 193 g/mol. The Labute approximate surface area is 82.3 Å². The topological polar surface area (TPSA) is 64.1 Å². The van der Waals surface area contributed by atoms with Crippen molar-refractivity contribution in [3.63, 3.8) is 0 Å². The van der Waals surface area contributed by atoms with Gasteiger partial charge in [0.1, 0.15) is 5.82 Å². The molecule has 0 aromatic heterocycles. The summed E-state index contributed by atoms with van der Waals surface area (Å²) in [5.41, 5.74) is 9.23. The van der Waals surface area contributed by atoms with E-state index in [-0.39, 0.29) is 11.9 Å². The van der Waals surface area contributed by atoms with Crippen LogP contribution in [0.5, 0.6) is 0 Å². The van der Waals surface area contributed by atoms with Gasteiger partial charge in [-0.3, -0.25) is 11.3 Å². The van der Waals surface area contributed by atoms with Crippen molar-refractivity contribution in [3.05, 3.63) is 29.6 Å². The molecule has 1 atom stereocenters. The predicted molar refractivity (Wildman–Crippen MR) is 54.3 cm³/mol. The maximum Gasteiger partial charge on any atom is 0.123 e. The third-order valence-corrected chi connectivity index (χ3v) is 1.95. The molecule has 1 aromatic rings. The fourth-order valence-electron chi connectivity index (χ4n) is 1.22. The Balaban J connectivity index is 3.03. The molecule has 0 saturated heterocycles. The molecule has 1 rings (SSSR count). The second-order valence-corrected chi connectivity index (χ2v) is 2.90. The van der Waals surface area contributed by atoms with Crippen LogP contribution in [0.25, 0.3) is 0 Å². The lowest BCUT2D eigenvalue weighted by Gasteiger charge is -2.15. The zero-order valence-electron chi connectivity index (χ0n) is 7.63. The van der Waals surface area contributed by atoms with Gasteiger partial charge in [0, 0.05) is 12.1 Å². The number of nitrogen functional groups attached to an aromatic ring is 1. The largest absolute Gasteiger partial charge is 0.398 e. The minimum Gasteiger partial charge on any atom is -0.398 e. The van der Waals surface area contributed by atoms with Crippen LogP contribution in [0.2, 0.25) is 0 Å². The number of halogens is 1. The molecule has 0 bridgehead atoms. The van der Waals surface area contributed by atoms with Gasteiger partial charge in [-0.1, -0.05) is 0 Å². The molecular weight excluding hydrogens is 181 g/mol. The first kappa shape index (κ1) is 10.5. The lowest BCUT2D eigenvalue weighted by Crippen LogP contribution is -2.28. The number of anilines is 1. The van der Waals surface area contributed by atoms with Crippen LogP contribution in [0.3, 0.4) is 0 Å². The Morgan fingerprint density at radius 2 is 2.29 bits per heavy atom. The zero-order chi connectivity index (χ0) is 10.6. The highest BCUT2D eigenvalue weighted by atomic mass is 19.1. The summed E-state index contributed by atoms with van der Waals surface area (Å²) in [5.74, 6) is 7.37. The number of hydrogen-bond acceptors (Lipinski definition) is 3. The number of hydrogen-bond donors (Lipinski definition) is 3. The van der Waals surface area contributed by atoms with Gasteiger partial charge in [0.2, 0.25) is 0 Å². The van der Waals surface area contributed by atoms with E-state index in [0.717, 1.165) is 0 Å². The summed E-state index contributed by atoms with van der Waals surface area (Å²) in [7, 11) is 0. The second-order valence-electron chi connectivity index (χ2n) is 2.90. The van der Waals surface area contributed by atoms with E-state index < -0.39 is 0 Å². The van der Waals surface area contributed by atoms with E-state index in [1.54, 1.807) is 0 Å². The van der Waals surface area contributed by atoms with Crippen molar-refractivity contribution in [2.75, 3.05) is 5.73 Å². The highest BCUT2D eigenvalue weighted by Gasteiger charge is 2.12. The van der Waals surface area contributed by atoms with E-state index >= 15 is 0 Å². The maximum atomic E-state index is 12.9. The molecule has 5 N–H and O–H groups in total. The number of nitrogens with two attached hydrogens (primary N) is 2. The molecule has 4 heteroatoms. The molecule has 0 heterocycles. The Kier molecular flexibility index (Phi) is 3.46. The van der Waals surface area contributed by atoms with Crippen molar-refractivity contribution in [2.45, 2.75) is 12.5 Å². The number of hydrazine groups is 1. The first-order valence-corrected chi connectivity index (χ1v) is 4.13. The van der Waals surface area contributed by atoms with Crippen LogP contribution in [-0.4, -0.2) is 0 Å². The average Bonchev–Trinajstić information content (AvgIpc) is 2.18. The molecule has 74 valence electrons. The Morgan fingerprint density at radius 3 is 2.86 bits per heavy atom. The van der Waals surface area contributed by atoms with Gasteiger partial charge in [0.25, 0.3) is 0 Å². The van der Waals surface area contributed by atoms with Crippen molar-refractivity contribution in [1.29, 1.82) is 0 Å². The van der Waals surface area contributed by atoms with Gasteiger partial charge >= 0.3 is 0 Å². The van der Waals surface area contributed by atoms with Crippen LogP contribution in [0.15, 0.2) is 18.2 Å². The molecule has 0 amide bonds. The smallest absolute Gasteiger partial charge is 0.123 e. The fourth-order valence-corrected chi connectivity index (χ4v) is 1.22. The molecule has 0 radical (unpaired) electrons. The minimum absolute atomic E-state index is 0.310. The van der Waals surface area contributed by atoms with Gasteiger partial charge in [-0.15, -0.1) is 12.3 Å². The summed E-state index contributed by atoms with van der Waals surface area (Å²) in [6.45, 7) is 0. The van der Waals surface area contributed by atoms with Crippen molar-refractivity contribution in [1.82, 2.24) is 5.43 Å². The van der Waals surface area contributed by atoms with Crippen LogP contribution in [0, 0.1) is 18.2 Å². The lowest BCUT2D eigenvalue weighted by molar-refractivity contribution is 0.560. The van der Waals surface area contributed by atoms with Crippen LogP contribution in [0.1, 0.15) is 18.0 Å². The van der Waals surface area contributed by atoms with E-state index in [1.807, 2.05) is 0 Å². The van der Waals surface area contributed by atoms with Gasteiger partial charge in [0.05, 0.1) is 6.04 Å². The number of terminal acetylenes is 1. The highest BCUT2D eigenvalue weighted by Crippen LogP contribution is 2.22. The summed E-state index contributed by atoms with van der Waals surface area (Å²) in [5, 5.41) is 0. The first-order valence-electron chi connectivity index (χ1n) is 4.13. The quantitative estimate of drug-likeness (QED) is 0.289. The molecule has 14 heavy (non-hydrogen) atoms. The van der Waals surface area contributed by atoms with Gasteiger partial charge in [-0.05, 0) is 23.8 Å². The van der Waals surface area contributed by atoms with E-state index in [2.05, 4.69) is 11.3 Å². The number of rotatable bonds is 3. The molecule has 1 unspecified atom stereocenters. The molecule has 0 aliphatic rings. The minimum atomic E-state index is -0.355. The molecule has 1 aromatic carbocycles. The summed E-state index contributed by atoms with van der Waals surface area (Å²) < 4.78 is 12.9. The standard InChI is InChI=1S/C10H12FN3/c1-2-3-10(14-13)8-6-7(11)4-5-9(8)12/h1,4-6,10,14H,3,12-13H2. The van der Waals surface area contributed by atoms with Gasteiger partial charge in [-0.25, -0.2) is 4.39 Å². The maximum absolute atomic E-state index is 12.9. The van der Waals surface area contributed by atoms with E-state index in [9.17, 15) is 4.39 Å². The number of benzene rings is 1. The van der Waals surface area contributed by atoms with E-state index in [4.69, 9.17) is 18.0 Å². The first-order chi connectivity index (χ1) is 6.69. The Morgan fingerprint density at radius 1 is 1.57 bits per heavy atom. The second kappa shape index (κ2) is 4.61. The van der Waals surface area contributed by atoms with Crippen molar-refractivity contribution >= 4 is 5.69 Å². The molecule has 0 aliphatic carbocycles. The third kappa shape index (κ3) is 2.22. The monoisotopic (exact) mass is 193 g/mol. The van der Waals surface area contributed by atoms with Gasteiger partial charge < -0.3 is 5.73 Å². The van der Waals surface area contributed by atoms with Crippen LogP contribution < -0.4 is 17.0 Å². The lowest BCUT2D eigenvalue weighted by atomic mass is 10.0. The van der Waals surface area contributed by atoms with Crippen LogP contribution in [-0.2, 0) is 0 Å². The number of nitrogens with one attached hydrogen (secondary N) is 1. The van der Waals surface area contributed by atoms with Crippen molar-refractivity contribution in [2.24, 2.45) is 5.84 Å². The summed E-state index contributed by atoms with van der Waals surface area (Å²) >= 11 is 0. The molecule has 0 spiro atoms. The fraction of sp³-hybridized carbons (Fsp3) is 0.200. The Hall–Kier alpha value is -1.57. The van der Waals surface area contributed by atoms with Gasteiger partial charge in [0.15, 0.2) is 0 Å². The van der Waals surface area contributed by atoms with Crippen molar-refractivity contribution < 1.29 is 4.39 Å². The van der Waals surface area contributed by atoms with E-state index in [0.29, 0.717) is 17.7 Å². The van der Waals surface area contributed by atoms with Crippen molar-refractivity contribution in [3.8, 4) is 12.3 Å². The predicted octanol–water partition coefficient (Wildman–Crippen LogP) is 0.936. The zero-order valence-corrected chi connectivity index (χ0v) is 7.63. The van der Waals surface area contributed by atoms with Crippen LogP contribution in [0.4, 0.5) is 10.1 Å². The summed E-state index contributed by atoms with van der Waals surface area (Å²) in [4.78, 5) is 0. The summed E-state index contributed by atoms with van der Waals surface area (Å²) in [6.07, 6.45) is 5.52. The molecule has 0 saturated carbocycles. The molecular formula is C10H12FN3. The SMILES string of the molecule is C#CCC(NN)c1cc(F)ccc1N. The normalized spacial score (nSPS) is 12.1. The molecule has 0 fully saturated rings. The van der Waals surface area contributed by atoms with Gasteiger partial charge in [-0.2, -0.15) is 0 Å². The third-order valence-electron chi connectivity index (χ3n) is 1.95. The van der Waals surface area contributed by atoms with E-state index in [1.165, 1.54) is 18.2 Å².